The van der Waals surface area contributed by atoms with Crippen LogP contribution in [0.2, 0.25) is 5.15 Å². The summed E-state index contributed by atoms with van der Waals surface area (Å²) in [5, 5.41) is 16.2. The van der Waals surface area contributed by atoms with Crippen molar-refractivity contribution in [3.05, 3.63) is 47.1 Å². The number of sulfonamides is 1. The highest BCUT2D eigenvalue weighted by Crippen LogP contribution is 2.50. The van der Waals surface area contributed by atoms with Gasteiger partial charge in [0, 0.05) is 37.4 Å². The quantitative estimate of drug-likeness (QED) is 0.644. The molecule has 0 atom stereocenters. The lowest BCUT2D eigenvalue weighted by Gasteiger charge is -2.36. The number of hydrogen-bond donors (Lipinski definition) is 1. The van der Waals surface area contributed by atoms with E-state index in [1.165, 1.54) is 12.1 Å². The fraction of sp³-hybridized carbons (Fsp3) is 0.412. The zero-order valence-electron chi connectivity index (χ0n) is 15.9. The topological polar surface area (TPSA) is 86.6 Å². The zero-order chi connectivity index (χ0) is 23.9. The lowest BCUT2D eigenvalue weighted by molar-refractivity contribution is -0.376. The van der Waals surface area contributed by atoms with Gasteiger partial charge in [-0.3, -0.25) is 0 Å². The van der Waals surface area contributed by atoms with E-state index in [-0.39, 0.29) is 42.0 Å². The van der Waals surface area contributed by atoms with Crippen molar-refractivity contribution >= 4 is 27.3 Å². The molecule has 0 amide bonds. The second-order valence-electron chi connectivity index (χ2n) is 6.84. The van der Waals surface area contributed by atoms with Crippen LogP contribution in [0.25, 0.3) is 0 Å². The second-order valence-corrected chi connectivity index (χ2v) is 9.11. The van der Waals surface area contributed by atoms with Gasteiger partial charge in [-0.1, -0.05) is 23.7 Å². The lowest BCUT2D eigenvalue weighted by Crippen LogP contribution is -2.54. The number of hydrogen-bond acceptors (Lipinski definition) is 6. The van der Waals surface area contributed by atoms with Gasteiger partial charge in [0.25, 0.3) is 15.6 Å². The average Bonchev–Trinajstić information content (AvgIpc) is 2.72. The molecule has 2 aromatic rings. The summed E-state index contributed by atoms with van der Waals surface area (Å²) in [4.78, 5) is 1.59. The van der Waals surface area contributed by atoms with Crippen LogP contribution >= 0.6 is 11.6 Å². The Hall–Kier alpha value is -2.16. The Balaban J connectivity index is 1.75. The lowest BCUT2D eigenvalue weighted by atomic mass is 9.92. The maximum Gasteiger partial charge on any atom is 0.430 e. The van der Waals surface area contributed by atoms with E-state index < -0.39 is 33.5 Å². The van der Waals surface area contributed by atoms with Crippen molar-refractivity contribution in [3.63, 3.8) is 0 Å². The van der Waals surface area contributed by atoms with Crippen LogP contribution in [0.4, 0.5) is 32.0 Å². The molecule has 0 aliphatic carbocycles. The van der Waals surface area contributed by atoms with E-state index in [2.05, 4.69) is 10.2 Å². The first-order valence-electron chi connectivity index (χ1n) is 8.88. The number of alkyl halides is 6. The summed E-state index contributed by atoms with van der Waals surface area (Å²) in [7, 11) is -3.95. The highest BCUT2D eigenvalue weighted by Gasteiger charge is 2.71. The van der Waals surface area contributed by atoms with E-state index in [0.29, 0.717) is 12.1 Å². The standard InChI is InChI=1S/C17H15ClF6N4O3S/c18-13-5-6-14(26-25-13)32(30,31)28-9-7-27(8-10-28)12-3-1-11(2-4-12)15(29,16(19,20)21)17(22,23)24/h1-6,29H,7-10H2. The Labute approximate surface area is 183 Å². The number of benzene rings is 1. The minimum atomic E-state index is -5.97. The van der Waals surface area contributed by atoms with Gasteiger partial charge in [0.2, 0.25) is 0 Å². The fourth-order valence-electron chi connectivity index (χ4n) is 3.16. The molecule has 1 aliphatic heterocycles. The molecule has 1 fully saturated rings. The Bertz CT molecular complexity index is 1040. The minimum Gasteiger partial charge on any atom is -0.369 e. The summed E-state index contributed by atoms with van der Waals surface area (Å²) in [6.45, 7) is 0.206. The van der Waals surface area contributed by atoms with Crippen LogP contribution in [0.3, 0.4) is 0 Å². The second kappa shape index (κ2) is 8.32. The maximum absolute atomic E-state index is 13.0. The number of aromatic nitrogens is 2. The van der Waals surface area contributed by atoms with Gasteiger partial charge in [0.15, 0.2) is 10.2 Å². The van der Waals surface area contributed by atoms with Gasteiger partial charge in [0.05, 0.1) is 0 Å². The molecule has 0 unspecified atom stereocenters. The van der Waals surface area contributed by atoms with Crippen LogP contribution in [0.15, 0.2) is 41.4 Å². The van der Waals surface area contributed by atoms with E-state index in [1.807, 2.05) is 0 Å². The van der Waals surface area contributed by atoms with Crippen molar-refractivity contribution in [1.82, 2.24) is 14.5 Å². The first-order chi connectivity index (χ1) is 14.7. The van der Waals surface area contributed by atoms with Crippen LogP contribution in [-0.4, -0.2) is 66.6 Å². The van der Waals surface area contributed by atoms with E-state index in [1.54, 1.807) is 4.90 Å². The molecule has 0 saturated carbocycles. The Morgan fingerprint density at radius 2 is 1.38 bits per heavy atom. The maximum atomic E-state index is 13.0. The van der Waals surface area contributed by atoms with Gasteiger partial charge in [-0.25, -0.2) is 8.42 Å². The Kier molecular flexibility index (Phi) is 6.36. The zero-order valence-corrected chi connectivity index (χ0v) is 17.5. The van der Waals surface area contributed by atoms with Gasteiger partial charge in [-0.2, -0.15) is 30.6 Å². The summed E-state index contributed by atoms with van der Waals surface area (Å²) < 4.78 is 104. The SMILES string of the molecule is O=S(=O)(c1ccc(Cl)nn1)N1CCN(c2ccc(C(O)(C(F)(F)F)C(F)(F)F)cc2)CC1. The molecule has 3 rings (SSSR count). The largest absolute Gasteiger partial charge is 0.430 e. The summed E-state index contributed by atoms with van der Waals surface area (Å²) in [6, 6.07) is 5.56. The fourth-order valence-corrected chi connectivity index (χ4v) is 4.56. The van der Waals surface area contributed by atoms with Crippen molar-refractivity contribution in [2.24, 2.45) is 0 Å². The number of piperazine rings is 1. The summed E-state index contributed by atoms with van der Waals surface area (Å²) in [6.07, 6.45) is -11.9. The van der Waals surface area contributed by atoms with Crippen molar-refractivity contribution in [1.29, 1.82) is 0 Å². The molecule has 0 radical (unpaired) electrons. The van der Waals surface area contributed by atoms with Gasteiger partial charge < -0.3 is 10.0 Å². The smallest absolute Gasteiger partial charge is 0.369 e. The predicted octanol–water partition coefficient (Wildman–Crippen LogP) is 2.95. The van der Waals surface area contributed by atoms with Gasteiger partial charge in [0.1, 0.15) is 0 Å². The highest BCUT2D eigenvalue weighted by atomic mass is 35.5. The van der Waals surface area contributed by atoms with Gasteiger partial charge in [-0.05, 0) is 24.3 Å². The van der Waals surface area contributed by atoms with Crippen LogP contribution in [-0.2, 0) is 15.6 Å². The molecule has 0 spiro atoms. The van der Waals surface area contributed by atoms with E-state index in [4.69, 9.17) is 11.6 Å². The van der Waals surface area contributed by atoms with Crippen LogP contribution < -0.4 is 4.90 Å². The molecule has 1 aliphatic rings. The molecule has 32 heavy (non-hydrogen) atoms. The third-order valence-corrected chi connectivity index (χ3v) is 6.91. The van der Waals surface area contributed by atoms with Crippen molar-refractivity contribution in [3.8, 4) is 0 Å². The number of halogens is 7. The van der Waals surface area contributed by atoms with Crippen LogP contribution in [0.1, 0.15) is 5.56 Å². The molecule has 1 aromatic carbocycles. The van der Waals surface area contributed by atoms with Crippen molar-refractivity contribution in [2.75, 3.05) is 31.1 Å². The number of nitrogens with zero attached hydrogens (tertiary/aromatic N) is 4. The monoisotopic (exact) mass is 504 g/mol. The number of aliphatic hydroxyl groups is 1. The Morgan fingerprint density at radius 1 is 0.844 bits per heavy atom. The molecule has 1 aromatic heterocycles. The first-order valence-corrected chi connectivity index (χ1v) is 10.7. The minimum absolute atomic E-state index is 0.0105. The first kappa shape index (κ1) is 24.5. The molecule has 176 valence electrons. The molecule has 15 heteroatoms. The average molecular weight is 505 g/mol. The molecule has 1 N–H and O–H groups in total. The van der Waals surface area contributed by atoms with Crippen molar-refractivity contribution in [2.45, 2.75) is 23.0 Å². The molecule has 1 saturated heterocycles. The molecular weight excluding hydrogens is 490 g/mol. The summed E-state index contributed by atoms with van der Waals surface area (Å²) in [5.41, 5.74) is -6.11. The molecule has 7 nitrogen and oxygen atoms in total. The van der Waals surface area contributed by atoms with E-state index >= 15 is 0 Å². The molecule has 2 heterocycles. The third kappa shape index (κ3) is 4.36. The van der Waals surface area contributed by atoms with E-state index in [9.17, 15) is 39.9 Å². The van der Waals surface area contributed by atoms with Crippen LogP contribution in [0.5, 0.6) is 0 Å². The third-order valence-electron chi connectivity index (χ3n) is 4.92. The van der Waals surface area contributed by atoms with Gasteiger partial charge >= 0.3 is 12.4 Å². The van der Waals surface area contributed by atoms with Crippen molar-refractivity contribution < 1.29 is 39.9 Å². The Morgan fingerprint density at radius 3 is 1.81 bits per heavy atom. The highest BCUT2D eigenvalue weighted by molar-refractivity contribution is 7.89. The number of anilines is 1. The predicted molar refractivity (Wildman–Crippen MR) is 100 cm³/mol. The normalized spacial score (nSPS) is 16.9. The summed E-state index contributed by atoms with van der Waals surface area (Å²) in [5.74, 6) is 0. The summed E-state index contributed by atoms with van der Waals surface area (Å²) >= 11 is 5.59. The molecular formula is C17H15ClF6N4O3S. The number of rotatable bonds is 4. The molecule has 0 bridgehead atoms. The van der Waals surface area contributed by atoms with Gasteiger partial charge in [-0.15, -0.1) is 10.2 Å². The van der Waals surface area contributed by atoms with Crippen LogP contribution in [0, 0.1) is 0 Å². The van der Waals surface area contributed by atoms with E-state index in [0.717, 1.165) is 16.4 Å².